The molecular weight excluding hydrogens is 300 g/mol. The van der Waals surface area contributed by atoms with E-state index in [2.05, 4.69) is 5.32 Å². The fourth-order valence-electron chi connectivity index (χ4n) is 2.32. The molecule has 1 unspecified atom stereocenters. The van der Waals surface area contributed by atoms with Crippen LogP contribution in [0.4, 0.5) is 8.78 Å². The normalized spacial score (nSPS) is 12.0. The van der Waals surface area contributed by atoms with Crippen molar-refractivity contribution in [1.82, 2.24) is 5.32 Å². The van der Waals surface area contributed by atoms with Crippen LogP contribution in [-0.2, 0) is 17.6 Å². The number of halogens is 2. The van der Waals surface area contributed by atoms with E-state index < -0.39 is 23.6 Å². The maximum Gasteiger partial charge on any atom is 0.225 e. The molecule has 0 aromatic heterocycles. The molecule has 1 amide bonds. The van der Waals surface area contributed by atoms with Crippen LogP contribution in [0, 0.1) is 11.6 Å². The van der Waals surface area contributed by atoms with E-state index in [1.54, 1.807) is 0 Å². The zero-order valence-corrected chi connectivity index (χ0v) is 12.9. The van der Waals surface area contributed by atoms with E-state index in [0.717, 1.165) is 35.7 Å². The topological polar surface area (TPSA) is 49.3 Å². The van der Waals surface area contributed by atoms with Crippen molar-refractivity contribution in [2.75, 3.05) is 6.61 Å². The third-order valence-electron chi connectivity index (χ3n) is 3.67. The number of amides is 1. The Hall–Kier alpha value is -2.27. The molecule has 2 aromatic rings. The highest BCUT2D eigenvalue weighted by Gasteiger charge is 2.15. The largest absolute Gasteiger partial charge is 0.394 e. The van der Waals surface area contributed by atoms with Gasteiger partial charge in [0.15, 0.2) is 0 Å². The van der Waals surface area contributed by atoms with Crippen LogP contribution in [0.25, 0.3) is 0 Å². The molecule has 122 valence electrons. The van der Waals surface area contributed by atoms with Crippen LogP contribution < -0.4 is 5.32 Å². The van der Waals surface area contributed by atoms with E-state index in [1.807, 2.05) is 31.2 Å². The van der Waals surface area contributed by atoms with Crippen molar-refractivity contribution < 1.29 is 18.7 Å². The van der Waals surface area contributed by atoms with Gasteiger partial charge in [-0.1, -0.05) is 31.2 Å². The fraction of sp³-hybridized carbons (Fsp3) is 0.278. The third kappa shape index (κ3) is 4.60. The van der Waals surface area contributed by atoms with Crippen LogP contribution in [-0.4, -0.2) is 17.6 Å². The van der Waals surface area contributed by atoms with Crippen LogP contribution in [0.3, 0.4) is 0 Å². The van der Waals surface area contributed by atoms with Gasteiger partial charge < -0.3 is 10.4 Å². The standard InChI is InChI=1S/C18H19F2NO2/c1-2-12-3-5-13(6-4-12)17(11-22)21-18(23)10-14-9-15(19)7-8-16(14)20/h3-9,17,22H,2,10-11H2,1H3,(H,21,23). The van der Waals surface area contributed by atoms with Crippen molar-refractivity contribution in [3.8, 4) is 0 Å². The molecule has 5 heteroatoms. The van der Waals surface area contributed by atoms with Crippen molar-refractivity contribution in [2.45, 2.75) is 25.8 Å². The first-order chi connectivity index (χ1) is 11.0. The van der Waals surface area contributed by atoms with Gasteiger partial charge in [0.05, 0.1) is 19.1 Å². The molecule has 0 heterocycles. The van der Waals surface area contributed by atoms with Crippen molar-refractivity contribution in [2.24, 2.45) is 0 Å². The van der Waals surface area contributed by atoms with Crippen LogP contribution in [0.15, 0.2) is 42.5 Å². The Labute approximate surface area is 134 Å². The molecule has 23 heavy (non-hydrogen) atoms. The monoisotopic (exact) mass is 319 g/mol. The number of benzene rings is 2. The van der Waals surface area contributed by atoms with Crippen molar-refractivity contribution in [1.29, 1.82) is 0 Å². The molecule has 0 saturated carbocycles. The summed E-state index contributed by atoms with van der Waals surface area (Å²) < 4.78 is 26.7. The van der Waals surface area contributed by atoms with Crippen LogP contribution >= 0.6 is 0 Å². The Morgan fingerprint density at radius 3 is 2.48 bits per heavy atom. The van der Waals surface area contributed by atoms with Gasteiger partial charge in [-0.3, -0.25) is 4.79 Å². The van der Waals surface area contributed by atoms with Crippen LogP contribution in [0.2, 0.25) is 0 Å². The Morgan fingerprint density at radius 2 is 1.87 bits per heavy atom. The average molecular weight is 319 g/mol. The molecule has 0 saturated heterocycles. The summed E-state index contributed by atoms with van der Waals surface area (Å²) in [5.74, 6) is -1.70. The minimum atomic E-state index is -0.630. The average Bonchev–Trinajstić information content (AvgIpc) is 2.56. The third-order valence-corrected chi connectivity index (χ3v) is 3.67. The first kappa shape index (κ1) is 17.1. The Bertz CT molecular complexity index is 671. The number of nitrogens with one attached hydrogen (secondary N) is 1. The molecule has 0 radical (unpaired) electrons. The number of hydrogen-bond acceptors (Lipinski definition) is 2. The molecule has 0 bridgehead atoms. The fourth-order valence-corrected chi connectivity index (χ4v) is 2.32. The summed E-state index contributed by atoms with van der Waals surface area (Å²) in [7, 11) is 0. The lowest BCUT2D eigenvalue weighted by atomic mass is 10.0. The molecule has 3 nitrogen and oxygen atoms in total. The molecule has 0 aliphatic rings. The second-order valence-electron chi connectivity index (χ2n) is 5.31. The number of carbonyl (C=O) groups is 1. The van der Waals surface area contributed by atoms with Crippen molar-refractivity contribution >= 4 is 5.91 Å². The minimum Gasteiger partial charge on any atom is -0.394 e. The highest BCUT2D eigenvalue weighted by atomic mass is 19.1. The van der Waals surface area contributed by atoms with Gasteiger partial charge in [0, 0.05) is 5.56 Å². The Kier molecular flexibility index (Phi) is 5.82. The van der Waals surface area contributed by atoms with E-state index in [0.29, 0.717) is 0 Å². The van der Waals surface area contributed by atoms with Crippen LogP contribution in [0.1, 0.15) is 29.7 Å². The lowest BCUT2D eigenvalue weighted by Crippen LogP contribution is -2.32. The Morgan fingerprint density at radius 1 is 1.17 bits per heavy atom. The number of carbonyl (C=O) groups excluding carboxylic acids is 1. The number of aliphatic hydroxyl groups excluding tert-OH is 1. The summed E-state index contributed by atoms with van der Waals surface area (Å²) in [5.41, 5.74) is 1.90. The maximum atomic E-state index is 13.6. The second kappa shape index (κ2) is 7.83. The second-order valence-corrected chi connectivity index (χ2v) is 5.31. The smallest absolute Gasteiger partial charge is 0.225 e. The predicted molar refractivity (Wildman–Crippen MR) is 83.9 cm³/mol. The van der Waals surface area contributed by atoms with Crippen molar-refractivity contribution in [3.05, 3.63) is 70.8 Å². The molecule has 0 spiro atoms. The summed E-state index contributed by atoms with van der Waals surface area (Å²) in [6.45, 7) is 1.76. The zero-order chi connectivity index (χ0) is 16.8. The highest BCUT2D eigenvalue weighted by molar-refractivity contribution is 5.79. The van der Waals surface area contributed by atoms with E-state index >= 15 is 0 Å². The number of hydrogen-bond donors (Lipinski definition) is 2. The highest BCUT2D eigenvalue weighted by Crippen LogP contribution is 2.15. The van der Waals surface area contributed by atoms with Gasteiger partial charge in [-0.15, -0.1) is 0 Å². The summed E-state index contributed by atoms with van der Waals surface area (Å²) in [4.78, 5) is 12.0. The first-order valence-electron chi connectivity index (χ1n) is 7.46. The van der Waals surface area contributed by atoms with E-state index in [4.69, 9.17) is 0 Å². The first-order valence-corrected chi connectivity index (χ1v) is 7.46. The lowest BCUT2D eigenvalue weighted by Gasteiger charge is -2.17. The van der Waals surface area contributed by atoms with E-state index in [9.17, 15) is 18.7 Å². The summed E-state index contributed by atoms with van der Waals surface area (Å²) in [5, 5.41) is 12.1. The predicted octanol–water partition coefficient (Wildman–Crippen LogP) is 2.92. The molecule has 0 aliphatic carbocycles. The molecule has 0 aliphatic heterocycles. The summed E-state index contributed by atoms with van der Waals surface area (Å²) in [6, 6.07) is 9.94. The summed E-state index contributed by atoms with van der Waals surface area (Å²) >= 11 is 0. The molecule has 2 N–H and O–H groups in total. The lowest BCUT2D eigenvalue weighted by molar-refractivity contribution is -0.121. The summed E-state index contributed by atoms with van der Waals surface area (Å²) in [6.07, 6.45) is 0.614. The van der Waals surface area contributed by atoms with Gasteiger partial charge in [0.25, 0.3) is 0 Å². The number of aliphatic hydroxyl groups is 1. The molecule has 0 fully saturated rings. The van der Waals surface area contributed by atoms with Crippen LogP contribution in [0.5, 0.6) is 0 Å². The number of rotatable bonds is 6. The molecular formula is C18H19F2NO2. The zero-order valence-electron chi connectivity index (χ0n) is 12.9. The van der Waals surface area contributed by atoms with Gasteiger partial charge in [0.2, 0.25) is 5.91 Å². The quantitative estimate of drug-likeness (QED) is 0.860. The SMILES string of the molecule is CCc1ccc(C(CO)NC(=O)Cc2cc(F)ccc2F)cc1. The van der Waals surface area contributed by atoms with Gasteiger partial charge in [-0.25, -0.2) is 8.78 Å². The minimum absolute atomic E-state index is 0.0134. The van der Waals surface area contributed by atoms with Crippen molar-refractivity contribution in [3.63, 3.8) is 0 Å². The van der Waals surface area contributed by atoms with Gasteiger partial charge in [-0.05, 0) is 35.7 Å². The Balaban J connectivity index is 2.05. The van der Waals surface area contributed by atoms with Gasteiger partial charge in [-0.2, -0.15) is 0 Å². The molecule has 2 aromatic carbocycles. The van der Waals surface area contributed by atoms with Gasteiger partial charge in [0.1, 0.15) is 11.6 Å². The molecule has 2 rings (SSSR count). The van der Waals surface area contributed by atoms with E-state index in [1.165, 1.54) is 0 Å². The van der Waals surface area contributed by atoms with E-state index in [-0.39, 0.29) is 18.6 Å². The van der Waals surface area contributed by atoms with Gasteiger partial charge >= 0.3 is 0 Å². The molecule has 1 atom stereocenters. The number of aryl methyl sites for hydroxylation is 1. The maximum absolute atomic E-state index is 13.6.